The van der Waals surface area contributed by atoms with Crippen LogP contribution in [0.15, 0.2) is 18.5 Å². The molecular formula is C11H17N3O2. The molecule has 1 aromatic rings. The summed E-state index contributed by atoms with van der Waals surface area (Å²) in [5.74, 6) is 0.105. The number of nitrogens with one attached hydrogen (secondary N) is 1. The lowest BCUT2D eigenvalue weighted by Gasteiger charge is -2.21. The average molecular weight is 223 g/mol. The lowest BCUT2D eigenvalue weighted by molar-refractivity contribution is 0.0916. The molecule has 0 aliphatic heterocycles. The lowest BCUT2D eigenvalue weighted by Crippen LogP contribution is -2.39. The van der Waals surface area contributed by atoms with Crippen LogP contribution in [-0.2, 0) is 0 Å². The fourth-order valence-electron chi connectivity index (χ4n) is 1.39. The average Bonchev–Trinajstić information content (AvgIpc) is 2.29. The summed E-state index contributed by atoms with van der Waals surface area (Å²) in [5.41, 5.74) is 0.485. The molecule has 0 aliphatic carbocycles. The summed E-state index contributed by atoms with van der Waals surface area (Å²) in [4.78, 5) is 11.8. The number of aromatic nitrogens is 2. The molecule has 0 spiro atoms. The number of amides is 1. The van der Waals surface area contributed by atoms with E-state index >= 15 is 0 Å². The van der Waals surface area contributed by atoms with E-state index in [1.165, 1.54) is 12.4 Å². The largest absolute Gasteiger partial charge is 0.396 e. The summed E-state index contributed by atoms with van der Waals surface area (Å²) in [7, 11) is 0. The maximum absolute atomic E-state index is 11.8. The molecule has 0 saturated carbocycles. The van der Waals surface area contributed by atoms with Crippen LogP contribution < -0.4 is 5.32 Å². The van der Waals surface area contributed by atoms with Crippen molar-refractivity contribution >= 4 is 5.91 Å². The van der Waals surface area contributed by atoms with Crippen LogP contribution in [0.3, 0.4) is 0 Å². The van der Waals surface area contributed by atoms with Gasteiger partial charge in [0, 0.05) is 12.6 Å². The fourth-order valence-corrected chi connectivity index (χ4v) is 1.39. The molecule has 1 amide bonds. The van der Waals surface area contributed by atoms with E-state index in [0.29, 0.717) is 12.0 Å². The number of aliphatic hydroxyl groups excluding tert-OH is 1. The van der Waals surface area contributed by atoms with E-state index in [4.69, 9.17) is 5.11 Å². The number of hydrogen-bond acceptors (Lipinski definition) is 4. The summed E-state index contributed by atoms with van der Waals surface area (Å²) < 4.78 is 0. The minimum Gasteiger partial charge on any atom is -0.396 e. The number of carbonyl (C=O) groups is 1. The molecule has 1 heterocycles. The zero-order chi connectivity index (χ0) is 12.0. The summed E-state index contributed by atoms with van der Waals surface area (Å²) in [6, 6.07) is 1.59. The molecule has 1 aromatic heterocycles. The van der Waals surface area contributed by atoms with Gasteiger partial charge in [0.1, 0.15) is 0 Å². The molecule has 1 unspecified atom stereocenters. The van der Waals surface area contributed by atoms with Crippen LogP contribution in [0.25, 0.3) is 0 Å². The van der Waals surface area contributed by atoms with Gasteiger partial charge in [0.05, 0.1) is 18.0 Å². The third-order valence-corrected chi connectivity index (χ3v) is 2.41. The molecule has 88 valence electrons. The van der Waals surface area contributed by atoms with Gasteiger partial charge in [0.2, 0.25) is 0 Å². The highest BCUT2D eigenvalue weighted by atomic mass is 16.3. The zero-order valence-corrected chi connectivity index (χ0v) is 9.55. The zero-order valence-electron chi connectivity index (χ0n) is 9.55. The van der Waals surface area contributed by atoms with Crippen molar-refractivity contribution in [1.29, 1.82) is 0 Å². The predicted molar refractivity (Wildman–Crippen MR) is 59.8 cm³/mol. The smallest absolute Gasteiger partial charge is 0.253 e. The van der Waals surface area contributed by atoms with E-state index in [-0.39, 0.29) is 24.5 Å². The monoisotopic (exact) mass is 223 g/mol. The standard InChI is InChI=1S/C11H17N3O2/c1-8(2)10(4-6-15)14-11(16)9-3-5-12-13-7-9/h3,5,7-8,10,15H,4,6H2,1-2H3,(H,14,16). The Labute approximate surface area is 94.9 Å². The first-order valence-electron chi connectivity index (χ1n) is 5.33. The Morgan fingerprint density at radius 1 is 1.50 bits per heavy atom. The van der Waals surface area contributed by atoms with E-state index in [1.54, 1.807) is 6.07 Å². The molecule has 0 aliphatic rings. The van der Waals surface area contributed by atoms with Gasteiger partial charge in [-0.25, -0.2) is 0 Å². The van der Waals surface area contributed by atoms with Gasteiger partial charge in [-0.3, -0.25) is 4.79 Å². The summed E-state index contributed by atoms with van der Waals surface area (Å²) >= 11 is 0. The maximum atomic E-state index is 11.8. The first-order valence-corrected chi connectivity index (χ1v) is 5.33. The van der Waals surface area contributed by atoms with E-state index in [2.05, 4.69) is 15.5 Å². The van der Waals surface area contributed by atoms with Crippen LogP contribution in [-0.4, -0.2) is 33.9 Å². The van der Waals surface area contributed by atoms with Crippen LogP contribution in [0.1, 0.15) is 30.6 Å². The van der Waals surface area contributed by atoms with Gasteiger partial charge >= 0.3 is 0 Å². The highest BCUT2D eigenvalue weighted by molar-refractivity contribution is 5.93. The van der Waals surface area contributed by atoms with Crippen molar-refractivity contribution in [3.8, 4) is 0 Å². The van der Waals surface area contributed by atoms with Gasteiger partial charge in [-0.15, -0.1) is 0 Å². The van der Waals surface area contributed by atoms with Crippen molar-refractivity contribution in [3.05, 3.63) is 24.0 Å². The minimum atomic E-state index is -0.179. The second-order valence-corrected chi connectivity index (χ2v) is 3.97. The highest BCUT2D eigenvalue weighted by Crippen LogP contribution is 2.06. The lowest BCUT2D eigenvalue weighted by atomic mass is 10.0. The van der Waals surface area contributed by atoms with E-state index < -0.39 is 0 Å². The van der Waals surface area contributed by atoms with Crippen LogP contribution in [0.2, 0.25) is 0 Å². The number of hydrogen-bond donors (Lipinski definition) is 2. The van der Waals surface area contributed by atoms with Gasteiger partial charge in [0.15, 0.2) is 0 Å². The maximum Gasteiger partial charge on any atom is 0.253 e. The van der Waals surface area contributed by atoms with Crippen molar-refractivity contribution in [2.45, 2.75) is 26.3 Å². The molecule has 0 radical (unpaired) electrons. The second-order valence-electron chi connectivity index (χ2n) is 3.97. The van der Waals surface area contributed by atoms with Gasteiger partial charge in [-0.05, 0) is 18.4 Å². The summed E-state index contributed by atoms with van der Waals surface area (Å²) in [6.07, 6.45) is 3.46. The van der Waals surface area contributed by atoms with Crippen molar-refractivity contribution in [2.75, 3.05) is 6.61 Å². The van der Waals surface area contributed by atoms with Crippen molar-refractivity contribution in [3.63, 3.8) is 0 Å². The predicted octanol–water partition coefficient (Wildman–Crippen LogP) is 0.613. The van der Waals surface area contributed by atoms with E-state index in [9.17, 15) is 4.79 Å². The van der Waals surface area contributed by atoms with E-state index in [1.807, 2.05) is 13.8 Å². The van der Waals surface area contributed by atoms with Crippen LogP contribution in [0.4, 0.5) is 0 Å². The van der Waals surface area contributed by atoms with Crippen LogP contribution >= 0.6 is 0 Å². The fraction of sp³-hybridized carbons (Fsp3) is 0.545. The summed E-state index contributed by atoms with van der Waals surface area (Å²) in [6.45, 7) is 4.08. The first kappa shape index (κ1) is 12.6. The Morgan fingerprint density at radius 3 is 2.75 bits per heavy atom. The van der Waals surface area contributed by atoms with Crippen molar-refractivity contribution in [2.24, 2.45) is 5.92 Å². The number of aliphatic hydroxyl groups is 1. The van der Waals surface area contributed by atoms with Crippen LogP contribution in [0.5, 0.6) is 0 Å². The Bertz CT molecular complexity index is 327. The third kappa shape index (κ3) is 3.58. The van der Waals surface area contributed by atoms with Gasteiger partial charge in [-0.1, -0.05) is 13.8 Å². The quantitative estimate of drug-likeness (QED) is 0.767. The van der Waals surface area contributed by atoms with Crippen molar-refractivity contribution < 1.29 is 9.90 Å². The molecule has 2 N–H and O–H groups in total. The molecule has 0 bridgehead atoms. The summed E-state index contributed by atoms with van der Waals surface area (Å²) in [5, 5.41) is 19.0. The normalized spacial score (nSPS) is 12.5. The molecular weight excluding hydrogens is 206 g/mol. The molecule has 0 fully saturated rings. The molecule has 5 nitrogen and oxygen atoms in total. The molecule has 1 rings (SSSR count). The first-order chi connectivity index (χ1) is 7.65. The SMILES string of the molecule is CC(C)C(CCO)NC(=O)c1ccnnc1. The minimum absolute atomic E-state index is 0.0225. The molecule has 16 heavy (non-hydrogen) atoms. The number of rotatable bonds is 5. The molecule has 0 saturated heterocycles. The van der Waals surface area contributed by atoms with Gasteiger partial charge in [0.25, 0.3) is 5.91 Å². The third-order valence-electron chi connectivity index (χ3n) is 2.41. The number of carbonyl (C=O) groups excluding carboxylic acids is 1. The van der Waals surface area contributed by atoms with Crippen LogP contribution in [0, 0.1) is 5.92 Å². The molecule has 0 aromatic carbocycles. The Morgan fingerprint density at radius 2 is 2.25 bits per heavy atom. The molecule has 1 atom stereocenters. The Kier molecular flexibility index (Phi) is 4.85. The highest BCUT2D eigenvalue weighted by Gasteiger charge is 2.16. The number of nitrogens with zero attached hydrogens (tertiary/aromatic N) is 2. The van der Waals surface area contributed by atoms with Crippen molar-refractivity contribution in [1.82, 2.24) is 15.5 Å². The molecule has 5 heteroatoms. The Hall–Kier alpha value is -1.49. The second kappa shape index (κ2) is 6.17. The Balaban J connectivity index is 2.62. The topological polar surface area (TPSA) is 75.1 Å². The van der Waals surface area contributed by atoms with Gasteiger partial charge in [-0.2, -0.15) is 10.2 Å². The van der Waals surface area contributed by atoms with Gasteiger partial charge < -0.3 is 10.4 Å². The van der Waals surface area contributed by atoms with E-state index in [0.717, 1.165) is 0 Å².